The zero-order valence-corrected chi connectivity index (χ0v) is 14.4. The van der Waals surface area contributed by atoms with Crippen LogP contribution in [0.3, 0.4) is 0 Å². The molecule has 1 atom stereocenters. The SMILES string of the molecule is Cc1cc(NC2CCC2)c2[nH]c(C3=N[C@@H](CC(=O)O)CS3)cc2c1. The molecular formula is C18H21N3O2S. The zero-order chi connectivity index (χ0) is 16.7. The van der Waals surface area contributed by atoms with Crippen molar-refractivity contribution in [3.8, 4) is 0 Å². The minimum Gasteiger partial charge on any atom is -0.481 e. The van der Waals surface area contributed by atoms with E-state index >= 15 is 0 Å². The Morgan fingerprint density at radius 2 is 2.25 bits per heavy atom. The lowest BCUT2D eigenvalue weighted by Crippen LogP contribution is -2.27. The van der Waals surface area contributed by atoms with E-state index in [1.165, 1.54) is 30.2 Å². The van der Waals surface area contributed by atoms with Gasteiger partial charge in [-0.05, 0) is 49.9 Å². The number of H-pyrrole nitrogens is 1. The molecular weight excluding hydrogens is 322 g/mol. The van der Waals surface area contributed by atoms with Crippen molar-refractivity contribution >= 4 is 39.4 Å². The predicted molar refractivity (Wildman–Crippen MR) is 99.3 cm³/mol. The van der Waals surface area contributed by atoms with Gasteiger partial charge in [0.15, 0.2) is 0 Å². The number of aliphatic imine (C=N–C) groups is 1. The first kappa shape index (κ1) is 15.6. The maximum absolute atomic E-state index is 10.9. The second-order valence-corrected chi connectivity index (χ2v) is 7.74. The fraction of sp³-hybridized carbons (Fsp3) is 0.444. The summed E-state index contributed by atoms with van der Waals surface area (Å²) in [6.45, 7) is 2.11. The summed E-state index contributed by atoms with van der Waals surface area (Å²) in [6, 6.07) is 6.96. The lowest BCUT2D eigenvalue weighted by atomic mass is 9.93. The Balaban J connectivity index is 1.65. The minimum absolute atomic E-state index is 0.102. The van der Waals surface area contributed by atoms with Gasteiger partial charge in [0.25, 0.3) is 0 Å². The van der Waals surface area contributed by atoms with Crippen LogP contribution in [0.4, 0.5) is 5.69 Å². The van der Waals surface area contributed by atoms with Gasteiger partial charge >= 0.3 is 5.97 Å². The number of thioether (sulfide) groups is 1. The van der Waals surface area contributed by atoms with Crippen LogP contribution in [-0.4, -0.2) is 38.9 Å². The molecule has 2 aromatic rings. The molecule has 2 heterocycles. The molecule has 1 aliphatic carbocycles. The summed E-state index contributed by atoms with van der Waals surface area (Å²) < 4.78 is 0. The molecule has 0 unspecified atom stereocenters. The van der Waals surface area contributed by atoms with Gasteiger partial charge in [0.1, 0.15) is 5.04 Å². The number of aromatic amines is 1. The first-order chi connectivity index (χ1) is 11.6. The molecule has 0 spiro atoms. The van der Waals surface area contributed by atoms with E-state index in [0.717, 1.165) is 27.7 Å². The number of aryl methyl sites for hydroxylation is 1. The monoisotopic (exact) mass is 343 g/mol. The highest BCUT2D eigenvalue weighted by Crippen LogP contribution is 2.32. The van der Waals surface area contributed by atoms with Crippen LogP contribution in [0.25, 0.3) is 10.9 Å². The number of benzene rings is 1. The van der Waals surface area contributed by atoms with Crippen LogP contribution in [0, 0.1) is 6.92 Å². The van der Waals surface area contributed by atoms with E-state index in [2.05, 4.69) is 40.4 Å². The minimum atomic E-state index is -0.787. The lowest BCUT2D eigenvalue weighted by molar-refractivity contribution is -0.137. The molecule has 4 rings (SSSR count). The Morgan fingerprint density at radius 3 is 2.96 bits per heavy atom. The first-order valence-electron chi connectivity index (χ1n) is 8.41. The van der Waals surface area contributed by atoms with Gasteiger partial charge in [-0.2, -0.15) is 0 Å². The molecule has 5 nitrogen and oxygen atoms in total. The van der Waals surface area contributed by atoms with Crippen LogP contribution in [0.1, 0.15) is 36.9 Å². The highest BCUT2D eigenvalue weighted by atomic mass is 32.2. The normalized spacial score (nSPS) is 20.9. The summed E-state index contributed by atoms with van der Waals surface area (Å²) in [5.74, 6) is -0.0479. The fourth-order valence-corrected chi connectivity index (χ4v) is 4.30. The standard InChI is InChI=1S/C18H21N3O2S/c1-10-5-11-7-15(18-20-13(9-24-18)8-16(22)23)21-17(11)14(6-10)19-12-3-2-4-12/h5-7,12-13,19,21H,2-4,8-9H2,1H3,(H,22,23)/t13-/m0/s1. The summed E-state index contributed by atoms with van der Waals surface area (Å²) in [7, 11) is 0. The van der Waals surface area contributed by atoms with Gasteiger partial charge < -0.3 is 15.4 Å². The van der Waals surface area contributed by atoms with E-state index in [4.69, 9.17) is 5.11 Å². The largest absolute Gasteiger partial charge is 0.481 e. The van der Waals surface area contributed by atoms with Crippen LogP contribution in [0.2, 0.25) is 0 Å². The number of fused-ring (bicyclic) bond motifs is 1. The Kier molecular flexibility index (Phi) is 4.00. The molecule has 1 aromatic heterocycles. The van der Waals surface area contributed by atoms with Crippen molar-refractivity contribution in [2.75, 3.05) is 11.1 Å². The van der Waals surface area contributed by atoms with Crippen molar-refractivity contribution in [2.45, 2.75) is 44.7 Å². The van der Waals surface area contributed by atoms with Crippen LogP contribution in [-0.2, 0) is 4.79 Å². The summed E-state index contributed by atoms with van der Waals surface area (Å²) in [5, 5.41) is 14.7. The van der Waals surface area contributed by atoms with E-state index in [-0.39, 0.29) is 12.5 Å². The number of carboxylic acids is 1. The Morgan fingerprint density at radius 1 is 1.42 bits per heavy atom. The lowest BCUT2D eigenvalue weighted by Gasteiger charge is -2.28. The smallest absolute Gasteiger partial charge is 0.305 e. The van der Waals surface area contributed by atoms with Crippen molar-refractivity contribution in [2.24, 2.45) is 4.99 Å². The maximum Gasteiger partial charge on any atom is 0.305 e. The highest BCUT2D eigenvalue weighted by molar-refractivity contribution is 8.14. The molecule has 1 aliphatic heterocycles. The van der Waals surface area contributed by atoms with Crippen molar-refractivity contribution in [1.29, 1.82) is 0 Å². The maximum atomic E-state index is 10.9. The average Bonchev–Trinajstić information content (AvgIpc) is 3.08. The molecule has 1 saturated carbocycles. The van der Waals surface area contributed by atoms with Crippen LogP contribution in [0.5, 0.6) is 0 Å². The third kappa shape index (κ3) is 3.02. The number of carboxylic acid groups (broad SMARTS) is 1. The van der Waals surface area contributed by atoms with Crippen molar-refractivity contribution in [1.82, 2.24) is 4.98 Å². The number of hydrogen-bond donors (Lipinski definition) is 3. The van der Waals surface area contributed by atoms with Crippen molar-refractivity contribution in [3.05, 3.63) is 29.5 Å². The van der Waals surface area contributed by atoms with Crippen molar-refractivity contribution < 1.29 is 9.90 Å². The Hall–Kier alpha value is -1.95. The van der Waals surface area contributed by atoms with E-state index in [1.807, 2.05) is 0 Å². The van der Waals surface area contributed by atoms with Gasteiger partial charge in [-0.1, -0.05) is 0 Å². The van der Waals surface area contributed by atoms with E-state index in [9.17, 15) is 4.79 Å². The molecule has 3 N–H and O–H groups in total. The molecule has 2 aliphatic rings. The van der Waals surface area contributed by atoms with E-state index < -0.39 is 5.97 Å². The van der Waals surface area contributed by atoms with Crippen LogP contribution in [0.15, 0.2) is 23.2 Å². The molecule has 1 aromatic carbocycles. The molecule has 0 radical (unpaired) electrons. The molecule has 0 saturated heterocycles. The number of aliphatic carboxylic acids is 1. The topological polar surface area (TPSA) is 77.5 Å². The number of anilines is 1. The highest BCUT2D eigenvalue weighted by Gasteiger charge is 2.24. The molecule has 1 fully saturated rings. The Bertz CT molecular complexity index is 823. The quantitative estimate of drug-likeness (QED) is 0.772. The number of carbonyl (C=O) groups is 1. The van der Waals surface area contributed by atoms with Gasteiger partial charge in [-0.15, -0.1) is 11.8 Å². The third-order valence-corrected chi connectivity index (χ3v) is 5.84. The second kappa shape index (κ2) is 6.16. The molecule has 0 amide bonds. The van der Waals surface area contributed by atoms with Gasteiger partial charge in [0.05, 0.1) is 29.4 Å². The van der Waals surface area contributed by atoms with Gasteiger partial charge in [-0.25, -0.2) is 0 Å². The van der Waals surface area contributed by atoms with E-state index in [1.54, 1.807) is 11.8 Å². The van der Waals surface area contributed by atoms with Crippen LogP contribution < -0.4 is 5.32 Å². The fourth-order valence-electron chi connectivity index (χ4n) is 3.26. The molecule has 6 heteroatoms. The predicted octanol–water partition coefficient (Wildman–Crippen LogP) is 3.78. The van der Waals surface area contributed by atoms with Gasteiger partial charge in [0, 0.05) is 17.2 Å². The Labute approximate surface area is 144 Å². The molecule has 0 bridgehead atoms. The summed E-state index contributed by atoms with van der Waals surface area (Å²) in [6.07, 6.45) is 3.89. The average molecular weight is 343 g/mol. The number of nitrogens with one attached hydrogen (secondary N) is 2. The molecule has 126 valence electrons. The summed E-state index contributed by atoms with van der Waals surface area (Å²) in [4.78, 5) is 18.9. The summed E-state index contributed by atoms with van der Waals surface area (Å²) >= 11 is 1.64. The number of hydrogen-bond acceptors (Lipinski definition) is 4. The number of nitrogens with zero attached hydrogens (tertiary/aromatic N) is 1. The van der Waals surface area contributed by atoms with Crippen molar-refractivity contribution in [3.63, 3.8) is 0 Å². The second-order valence-electron chi connectivity index (χ2n) is 6.73. The van der Waals surface area contributed by atoms with Gasteiger partial charge in [0.2, 0.25) is 0 Å². The number of aromatic nitrogens is 1. The van der Waals surface area contributed by atoms with Gasteiger partial charge in [-0.3, -0.25) is 9.79 Å². The zero-order valence-electron chi connectivity index (χ0n) is 13.6. The van der Waals surface area contributed by atoms with Crippen LogP contribution >= 0.6 is 11.8 Å². The third-order valence-electron chi connectivity index (χ3n) is 4.69. The first-order valence-corrected chi connectivity index (χ1v) is 9.40. The molecule has 24 heavy (non-hydrogen) atoms. The summed E-state index contributed by atoms with van der Waals surface area (Å²) in [5.41, 5.74) is 4.50. The number of rotatable bonds is 5. The van der Waals surface area contributed by atoms with E-state index in [0.29, 0.717) is 6.04 Å².